The van der Waals surface area contributed by atoms with Crippen LogP contribution in [0.5, 0.6) is 0 Å². The molecular weight excluding hydrogens is 284 g/mol. The van der Waals surface area contributed by atoms with Crippen molar-refractivity contribution in [3.8, 4) is 0 Å². The second-order valence-electron chi connectivity index (χ2n) is 6.10. The lowest BCUT2D eigenvalue weighted by molar-refractivity contribution is 0.572. The van der Waals surface area contributed by atoms with Gasteiger partial charge in [0.05, 0.1) is 5.69 Å². The average Bonchev–Trinajstić information content (AvgIpc) is 2.64. The van der Waals surface area contributed by atoms with E-state index < -0.39 is 0 Å². The highest BCUT2D eigenvalue weighted by molar-refractivity contribution is 5.93. The van der Waals surface area contributed by atoms with Gasteiger partial charge in [-0.3, -0.25) is 4.98 Å². The Balaban J connectivity index is 1.76. The number of aromatic nitrogens is 3. The van der Waals surface area contributed by atoms with E-state index in [-0.39, 0.29) is 0 Å². The van der Waals surface area contributed by atoms with Crippen LogP contribution in [0, 0.1) is 0 Å². The first-order chi connectivity index (χ1) is 11.4. The molecule has 1 aliphatic rings. The molecule has 116 valence electrons. The first kappa shape index (κ1) is 14.1. The quantitative estimate of drug-likeness (QED) is 0.741. The van der Waals surface area contributed by atoms with Crippen LogP contribution in [-0.4, -0.2) is 28.3 Å². The largest absolute Gasteiger partial charge is 0.355 e. The van der Waals surface area contributed by atoms with E-state index in [0.29, 0.717) is 0 Å². The van der Waals surface area contributed by atoms with E-state index in [1.165, 1.54) is 30.0 Å². The summed E-state index contributed by atoms with van der Waals surface area (Å²) in [6.45, 7) is 2.17. The van der Waals surface area contributed by atoms with Crippen molar-refractivity contribution in [2.75, 3.05) is 18.0 Å². The number of benzene rings is 1. The summed E-state index contributed by atoms with van der Waals surface area (Å²) in [4.78, 5) is 6.58. The van der Waals surface area contributed by atoms with Crippen molar-refractivity contribution in [1.82, 2.24) is 15.2 Å². The predicted molar refractivity (Wildman–Crippen MR) is 92.6 cm³/mol. The molecule has 23 heavy (non-hydrogen) atoms. The SMILES string of the molecule is c1cncc(Cc2nnc(N3CCCCC3)c3ccccc23)c1. The minimum atomic E-state index is 0.766. The van der Waals surface area contributed by atoms with E-state index in [4.69, 9.17) is 0 Å². The average molecular weight is 304 g/mol. The maximum Gasteiger partial charge on any atom is 0.159 e. The Kier molecular flexibility index (Phi) is 3.88. The van der Waals surface area contributed by atoms with Crippen LogP contribution in [0.1, 0.15) is 30.5 Å². The van der Waals surface area contributed by atoms with Crippen molar-refractivity contribution >= 4 is 16.6 Å². The molecule has 2 aromatic heterocycles. The van der Waals surface area contributed by atoms with Gasteiger partial charge in [-0.05, 0) is 30.9 Å². The van der Waals surface area contributed by atoms with Crippen LogP contribution in [-0.2, 0) is 6.42 Å². The zero-order valence-electron chi connectivity index (χ0n) is 13.2. The van der Waals surface area contributed by atoms with Crippen LogP contribution in [0.3, 0.4) is 0 Å². The van der Waals surface area contributed by atoms with Gasteiger partial charge in [0.2, 0.25) is 0 Å². The summed E-state index contributed by atoms with van der Waals surface area (Å²) in [6.07, 6.45) is 8.27. The summed E-state index contributed by atoms with van der Waals surface area (Å²) in [5, 5.41) is 11.6. The number of piperidine rings is 1. The van der Waals surface area contributed by atoms with Gasteiger partial charge in [0.15, 0.2) is 5.82 Å². The van der Waals surface area contributed by atoms with Crippen molar-refractivity contribution < 1.29 is 0 Å². The first-order valence-corrected chi connectivity index (χ1v) is 8.30. The molecule has 4 rings (SSSR count). The van der Waals surface area contributed by atoms with Crippen LogP contribution in [0.2, 0.25) is 0 Å². The molecule has 4 nitrogen and oxygen atoms in total. The van der Waals surface area contributed by atoms with Crippen molar-refractivity contribution in [3.63, 3.8) is 0 Å². The lowest BCUT2D eigenvalue weighted by Crippen LogP contribution is -2.30. The van der Waals surface area contributed by atoms with Gasteiger partial charge in [-0.1, -0.05) is 30.3 Å². The van der Waals surface area contributed by atoms with E-state index in [1.807, 2.05) is 12.3 Å². The molecule has 4 heteroatoms. The Morgan fingerprint density at radius 3 is 2.48 bits per heavy atom. The van der Waals surface area contributed by atoms with Crippen molar-refractivity contribution in [2.45, 2.75) is 25.7 Å². The van der Waals surface area contributed by atoms with E-state index in [9.17, 15) is 0 Å². The fourth-order valence-corrected chi connectivity index (χ4v) is 3.31. The number of hydrogen-bond donors (Lipinski definition) is 0. The van der Waals surface area contributed by atoms with E-state index in [0.717, 1.165) is 36.6 Å². The molecule has 0 saturated carbocycles. The maximum atomic E-state index is 4.58. The number of pyridine rings is 1. The molecule has 0 spiro atoms. The molecule has 0 atom stereocenters. The monoisotopic (exact) mass is 304 g/mol. The van der Waals surface area contributed by atoms with Crippen molar-refractivity contribution in [2.24, 2.45) is 0 Å². The van der Waals surface area contributed by atoms with Gasteiger partial charge in [0, 0.05) is 42.7 Å². The predicted octanol–water partition coefficient (Wildman–Crippen LogP) is 3.61. The Morgan fingerprint density at radius 2 is 1.70 bits per heavy atom. The molecule has 0 radical (unpaired) electrons. The van der Waals surface area contributed by atoms with Gasteiger partial charge in [-0.25, -0.2) is 0 Å². The Labute approximate surface area is 136 Å². The Morgan fingerprint density at radius 1 is 0.870 bits per heavy atom. The van der Waals surface area contributed by atoms with Gasteiger partial charge < -0.3 is 4.90 Å². The zero-order valence-corrected chi connectivity index (χ0v) is 13.2. The molecule has 1 aliphatic heterocycles. The van der Waals surface area contributed by atoms with Crippen LogP contribution < -0.4 is 4.90 Å². The van der Waals surface area contributed by atoms with Crippen molar-refractivity contribution in [1.29, 1.82) is 0 Å². The van der Waals surface area contributed by atoms with Crippen LogP contribution >= 0.6 is 0 Å². The molecule has 3 aromatic rings. The summed E-state index contributed by atoms with van der Waals surface area (Å²) in [6, 6.07) is 12.5. The third kappa shape index (κ3) is 2.89. The summed E-state index contributed by atoms with van der Waals surface area (Å²) >= 11 is 0. The molecule has 1 saturated heterocycles. The van der Waals surface area contributed by atoms with Gasteiger partial charge in [0.25, 0.3) is 0 Å². The smallest absolute Gasteiger partial charge is 0.159 e. The topological polar surface area (TPSA) is 41.9 Å². The summed E-state index contributed by atoms with van der Waals surface area (Å²) < 4.78 is 0. The fourth-order valence-electron chi connectivity index (χ4n) is 3.31. The van der Waals surface area contributed by atoms with Crippen LogP contribution in [0.15, 0.2) is 48.8 Å². The van der Waals surface area contributed by atoms with Crippen LogP contribution in [0.25, 0.3) is 10.8 Å². The third-order valence-electron chi connectivity index (χ3n) is 4.49. The molecule has 0 N–H and O–H groups in total. The minimum absolute atomic E-state index is 0.766. The number of rotatable bonds is 3. The molecular formula is C19H20N4. The van der Waals surface area contributed by atoms with E-state index >= 15 is 0 Å². The number of fused-ring (bicyclic) bond motifs is 1. The van der Waals surface area contributed by atoms with Gasteiger partial charge in [-0.2, -0.15) is 5.10 Å². The Bertz CT molecular complexity index is 795. The summed E-state index contributed by atoms with van der Waals surface area (Å²) in [5.74, 6) is 1.04. The Hall–Kier alpha value is -2.49. The van der Waals surface area contributed by atoms with Gasteiger partial charge in [-0.15, -0.1) is 5.10 Å². The number of hydrogen-bond acceptors (Lipinski definition) is 4. The molecule has 0 bridgehead atoms. The second-order valence-corrected chi connectivity index (χ2v) is 6.10. The lowest BCUT2D eigenvalue weighted by Gasteiger charge is -2.28. The zero-order chi connectivity index (χ0) is 15.5. The highest BCUT2D eigenvalue weighted by Crippen LogP contribution is 2.28. The minimum Gasteiger partial charge on any atom is -0.355 e. The van der Waals surface area contributed by atoms with Crippen LogP contribution in [0.4, 0.5) is 5.82 Å². The summed E-state index contributed by atoms with van der Waals surface area (Å²) in [7, 11) is 0. The molecule has 1 fully saturated rings. The highest BCUT2D eigenvalue weighted by atomic mass is 15.3. The summed E-state index contributed by atoms with van der Waals surface area (Å²) in [5.41, 5.74) is 2.19. The lowest BCUT2D eigenvalue weighted by atomic mass is 10.0. The molecule has 0 aliphatic carbocycles. The van der Waals surface area contributed by atoms with Crippen molar-refractivity contribution in [3.05, 3.63) is 60.0 Å². The standard InChI is InChI=1S/C19H20N4/c1-4-11-23(12-5-1)19-17-9-3-2-8-16(17)18(21-22-19)13-15-7-6-10-20-14-15/h2-3,6-10,14H,1,4-5,11-13H2. The molecule has 1 aromatic carbocycles. The fraction of sp³-hybridized carbons (Fsp3) is 0.316. The van der Waals surface area contributed by atoms with Gasteiger partial charge in [0.1, 0.15) is 0 Å². The van der Waals surface area contributed by atoms with Gasteiger partial charge >= 0.3 is 0 Å². The molecule has 0 amide bonds. The number of anilines is 1. The third-order valence-corrected chi connectivity index (χ3v) is 4.49. The molecule has 0 unspecified atom stereocenters. The second kappa shape index (κ2) is 6.32. The number of nitrogens with zero attached hydrogens (tertiary/aromatic N) is 4. The molecule has 3 heterocycles. The maximum absolute atomic E-state index is 4.58. The van der Waals surface area contributed by atoms with E-state index in [1.54, 1.807) is 6.20 Å². The van der Waals surface area contributed by atoms with E-state index in [2.05, 4.69) is 50.4 Å². The first-order valence-electron chi connectivity index (χ1n) is 8.30. The normalized spacial score (nSPS) is 15.0. The highest BCUT2D eigenvalue weighted by Gasteiger charge is 2.17.